The summed E-state index contributed by atoms with van der Waals surface area (Å²) in [5.74, 6) is 0. The van der Waals surface area contributed by atoms with E-state index in [0.29, 0.717) is 6.42 Å². The van der Waals surface area contributed by atoms with Gasteiger partial charge in [-0.2, -0.15) is 0 Å². The summed E-state index contributed by atoms with van der Waals surface area (Å²) in [6, 6.07) is 17.8. The maximum absolute atomic E-state index is 10.5. The van der Waals surface area contributed by atoms with E-state index in [1.165, 1.54) is 0 Å². The van der Waals surface area contributed by atoms with Crippen LogP contribution in [0.25, 0.3) is 10.9 Å². The molecule has 3 rings (SSSR count). The average Bonchev–Trinajstić information content (AvgIpc) is 2.49. The van der Waals surface area contributed by atoms with E-state index in [2.05, 4.69) is 20.9 Å². The van der Waals surface area contributed by atoms with Gasteiger partial charge < -0.3 is 5.11 Å². The molecule has 0 saturated heterocycles. The van der Waals surface area contributed by atoms with Gasteiger partial charge in [-0.3, -0.25) is 4.98 Å². The van der Waals surface area contributed by atoms with Crippen molar-refractivity contribution in [2.75, 3.05) is 0 Å². The molecule has 20 heavy (non-hydrogen) atoms. The van der Waals surface area contributed by atoms with Crippen LogP contribution in [0.3, 0.4) is 0 Å². The van der Waals surface area contributed by atoms with Crippen molar-refractivity contribution in [3.63, 3.8) is 0 Å². The lowest BCUT2D eigenvalue weighted by Crippen LogP contribution is -2.03. The molecule has 0 spiro atoms. The maximum atomic E-state index is 10.5. The smallest absolute Gasteiger partial charge is 0.0851 e. The SMILES string of the molecule is OC(Cc1ccccc1Br)c1cccc2cccnc12. The van der Waals surface area contributed by atoms with E-state index >= 15 is 0 Å². The second-order valence-electron chi connectivity index (χ2n) is 4.73. The molecule has 1 atom stereocenters. The predicted molar refractivity (Wildman–Crippen MR) is 84.5 cm³/mol. The predicted octanol–water partition coefficient (Wildman–Crippen LogP) is 4.27. The fourth-order valence-electron chi connectivity index (χ4n) is 2.38. The Morgan fingerprint density at radius 3 is 2.65 bits per heavy atom. The third kappa shape index (κ3) is 2.60. The highest BCUT2D eigenvalue weighted by Gasteiger charge is 2.13. The first kappa shape index (κ1) is 13.3. The molecule has 0 amide bonds. The molecule has 2 nitrogen and oxygen atoms in total. The quantitative estimate of drug-likeness (QED) is 0.779. The first-order valence-electron chi connectivity index (χ1n) is 6.51. The molecule has 0 radical (unpaired) electrons. The van der Waals surface area contributed by atoms with Crippen molar-refractivity contribution >= 4 is 26.8 Å². The zero-order valence-corrected chi connectivity index (χ0v) is 12.4. The summed E-state index contributed by atoms with van der Waals surface area (Å²) in [5.41, 5.74) is 2.83. The third-order valence-corrected chi connectivity index (χ3v) is 4.17. The fraction of sp³-hybridized carbons (Fsp3) is 0.118. The number of rotatable bonds is 3. The Labute approximate surface area is 126 Å². The lowest BCUT2D eigenvalue weighted by atomic mass is 9.99. The Hall–Kier alpha value is -1.71. The summed E-state index contributed by atoms with van der Waals surface area (Å²) in [5, 5.41) is 11.6. The van der Waals surface area contributed by atoms with E-state index in [1.54, 1.807) is 6.20 Å². The number of aliphatic hydroxyl groups excluding tert-OH is 1. The van der Waals surface area contributed by atoms with Crippen molar-refractivity contribution in [2.45, 2.75) is 12.5 Å². The monoisotopic (exact) mass is 327 g/mol. The Kier molecular flexibility index (Phi) is 3.81. The molecule has 1 heterocycles. The first-order valence-corrected chi connectivity index (χ1v) is 7.30. The molecule has 1 aromatic heterocycles. The van der Waals surface area contributed by atoms with Crippen LogP contribution in [-0.4, -0.2) is 10.1 Å². The van der Waals surface area contributed by atoms with E-state index < -0.39 is 6.10 Å². The summed E-state index contributed by atoms with van der Waals surface area (Å²) in [4.78, 5) is 4.39. The van der Waals surface area contributed by atoms with Crippen LogP contribution in [0.2, 0.25) is 0 Å². The number of nitrogens with zero attached hydrogens (tertiary/aromatic N) is 1. The van der Waals surface area contributed by atoms with E-state index in [4.69, 9.17) is 0 Å². The summed E-state index contributed by atoms with van der Waals surface area (Å²) in [6.45, 7) is 0. The van der Waals surface area contributed by atoms with Crippen molar-refractivity contribution in [2.24, 2.45) is 0 Å². The second-order valence-corrected chi connectivity index (χ2v) is 5.59. The minimum Gasteiger partial charge on any atom is -0.388 e. The van der Waals surface area contributed by atoms with Crippen LogP contribution in [0.1, 0.15) is 17.2 Å². The molecular formula is C17H14BrNO. The molecule has 3 aromatic rings. The topological polar surface area (TPSA) is 33.1 Å². The normalized spacial score (nSPS) is 12.5. The summed E-state index contributed by atoms with van der Waals surface area (Å²) in [6.07, 6.45) is 1.76. The Morgan fingerprint density at radius 1 is 1.00 bits per heavy atom. The van der Waals surface area contributed by atoms with Gasteiger partial charge in [0.1, 0.15) is 0 Å². The Morgan fingerprint density at radius 2 is 1.80 bits per heavy atom. The first-order chi connectivity index (χ1) is 9.75. The van der Waals surface area contributed by atoms with E-state index in [1.807, 2.05) is 54.6 Å². The van der Waals surface area contributed by atoms with E-state index in [-0.39, 0.29) is 0 Å². The number of aromatic nitrogens is 1. The van der Waals surface area contributed by atoms with Crippen molar-refractivity contribution in [1.29, 1.82) is 0 Å². The molecule has 100 valence electrons. The van der Waals surface area contributed by atoms with Gasteiger partial charge in [0.15, 0.2) is 0 Å². The number of para-hydroxylation sites is 1. The average molecular weight is 328 g/mol. The number of hydrogen-bond donors (Lipinski definition) is 1. The van der Waals surface area contributed by atoms with Crippen molar-refractivity contribution in [3.8, 4) is 0 Å². The Balaban J connectivity index is 1.97. The van der Waals surface area contributed by atoms with Crippen LogP contribution in [0.15, 0.2) is 65.3 Å². The van der Waals surface area contributed by atoms with Crippen molar-refractivity contribution in [3.05, 3.63) is 76.4 Å². The van der Waals surface area contributed by atoms with Gasteiger partial charge in [-0.05, 0) is 17.7 Å². The fourth-order valence-corrected chi connectivity index (χ4v) is 2.83. The molecule has 0 aliphatic rings. The number of aliphatic hydroxyl groups is 1. The van der Waals surface area contributed by atoms with Crippen molar-refractivity contribution in [1.82, 2.24) is 4.98 Å². The van der Waals surface area contributed by atoms with Crippen LogP contribution < -0.4 is 0 Å². The molecule has 1 N–H and O–H groups in total. The molecule has 1 unspecified atom stereocenters. The third-order valence-electron chi connectivity index (χ3n) is 3.39. The van der Waals surface area contributed by atoms with Crippen LogP contribution >= 0.6 is 15.9 Å². The van der Waals surface area contributed by atoms with Crippen LogP contribution in [0.5, 0.6) is 0 Å². The van der Waals surface area contributed by atoms with Gasteiger partial charge in [-0.1, -0.05) is 58.4 Å². The van der Waals surface area contributed by atoms with Crippen LogP contribution in [0.4, 0.5) is 0 Å². The zero-order chi connectivity index (χ0) is 13.9. The van der Waals surface area contributed by atoms with Crippen LogP contribution in [0, 0.1) is 0 Å². The van der Waals surface area contributed by atoms with Gasteiger partial charge in [0.05, 0.1) is 11.6 Å². The highest BCUT2D eigenvalue weighted by atomic mass is 79.9. The summed E-state index contributed by atoms with van der Waals surface area (Å²) < 4.78 is 1.02. The van der Waals surface area contributed by atoms with Gasteiger partial charge >= 0.3 is 0 Å². The van der Waals surface area contributed by atoms with Crippen molar-refractivity contribution < 1.29 is 5.11 Å². The molecule has 3 heteroatoms. The molecular weight excluding hydrogens is 314 g/mol. The summed E-state index contributed by atoms with van der Waals surface area (Å²) >= 11 is 3.52. The molecule has 0 fully saturated rings. The van der Waals surface area contributed by atoms with Gasteiger partial charge in [0, 0.05) is 28.0 Å². The lowest BCUT2D eigenvalue weighted by molar-refractivity contribution is 0.179. The van der Waals surface area contributed by atoms with E-state index in [0.717, 1.165) is 26.5 Å². The minimum absolute atomic E-state index is 0.563. The lowest BCUT2D eigenvalue weighted by Gasteiger charge is -2.14. The van der Waals surface area contributed by atoms with Crippen LogP contribution in [-0.2, 0) is 6.42 Å². The zero-order valence-electron chi connectivity index (χ0n) is 10.8. The number of benzene rings is 2. The molecule has 0 aliphatic carbocycles. The number of halogens is 1. The van der Waals surface area contributed by atoms with Gasteiger partial charge in [-0.25, -0.2) is 0 Å². The highest BCUT2D eigenvalue weighted by Crippen LogP contribution is 2.27. The van der Waals surface area contributed by atoms with Gasteiger partial charge in [-0.15, -0.1) is 0 Å². The molecule has 2 aromatic carbocycles. The van der Waals surface area contributed by atoms with Gasteiger partial charge in [0.25, 0.3) is 0 Å². The second kappa shape index (κ2) is 5.73. The standard InChI is InChI=1S/C17H14BrNO/c18-15-9-2-1-5-13(15)11-16(20)14-8-3-6-12-7-4-10-19-17(12)14/h1-10,16,20H,11H2. The number of fused-ring (bicyclic) bond motifs is 1. The van der Waals surface area contributed by atoms with Gasteiger partial charge in [0.2, 0.25) is 0 Å². The molecule has 0 bridgehead atoms. The molecule has 0 aliphatic heterocycles. The highest BCUT2D eigenvalue weighted by molar-refractivity contribution is 9.10. The largest absolute Gasteiger partial charge is 0.388 e. The number of hydrogen-bond acceptors (Lipinski definition) is 2. The van der Waals surface area contributed by atoms with E-state index in [9.17, 15) is 5.11 Å². The number of pyridine rings is 1. The maximum Gasteiger partial charge on any atom is 0.0851 e. The summed E-state index contributed by atoms with van der Waals surface area (Å²) in [7, 11) is 0. The Bertz CT molecular complexity index is 736. The minimum atomic E-state index is -0.563. The molecule has 0 saturated carbocycles.